The summed E-state index contributed by atoms with van der Waals surface area (Å²) in [6.07, 6.45) is 12.6. The molecule has 0 spiro atoms. The van der Waals surface area contributed by atoms with Crippen LogP contribution in [-0.2, 0) is 0 Å². The van der Waals surface area contributed by atoms with Crippen LogP contribution in [0, 0.1) is 5.92 Å². The molecule has 1 aromatic rings. The van der Waals surface area contributed by atoms with Crippen molar-refractivity contribution in [3.8, 4) is 5.75 Å². The minimum atomic E-state index is 0.679. The van der Waals surface area contributed by atoms with Crippen molar-refractivity contribution in [1.82, 2.24) is 0 Å². The van der Waals surface area contributed by atoms with E-state index < -0.39 is 0 Å². The molecule has 2 rings (SSSR count). The predicted octanol–water partition coefficient (Wildman–Crippen LogP) is 4.88. The first-order valence-electron chi connectivity index (χ1n) is 7.71. The van der Waals surface area contributed by atoms with Crippen LogP contribution in [0.5, 0.6) is 5.75 Å². The monoisotopic (exact) mass is 272 g/mol. The molecule has 1 aliphatic rings. The van der Waals surface area contributed by atoms with Gasteiger partial charge in [0, 0.05) is 5.56 Å². The number of hydrogen-bond donors (Lipinski definition) is 0. The molecule has 0 N–H and O–H groups in total. The lowest BCUT2D eigenvalue weighted by Gasteiger charge is -2.21. The third-order valence-electron chi connectivity index (χ3n) is 3.84. The van der Waals surface area contributed by atoms with Crippen LogP contribution in [-0.4, -0.2) is 12.9 Å². The maximum atomic E-state index is 11.0. The Morgan fingerprint density at radius 1 is 1.15 bits per heavy atom. The van der Waals surface area contributed by atoms with Gasteiger partial charge >= 0.3 is 0 Å². The predicted molar refractivity (Wildman–Crippen MR) is 83.2 cm³/mol. The van der Waals surface area contributed by atoms with Crippen LogP contribution in [0.2, 0.25) is 0 Å². The van der Waals surface area contributed by atoms with Crippen molar-refractivity contribution in [3.63, 3.8) is 0 Å². The molecular weight excluding hydrogens is 248 g/mol. The maximum absolute atomic E-state index is 11.0. The number of allylic oxidation sites excluding steroid dienone is 1. The summed E-state index contributed by atoms with van der Waals surface area (Å²) < 4.78 is 5.92. The molecule has 0 atom stereocenters. The van der Waals surface area contributed by atoms with E-state index in [0.29, 0.717) is 11.5 Å². The lowest BCUT2D eigenvalue weighted by molar-refractivity contribution is 0.112. The number of aldehydes is 1. The number of ether oxygens (including phenoxy) is 1. The average molecular weight is 272 g/mol. The highest BCUT2D eigenvalue weighted by Gasteiger charge is 2.14. The van der Waals surface area contributed by atoms with Crippen LogP contribution in [0.1, 0.15) is 61.4 Å². The Labute approximate surface area is 121 Å². The van der Waals surface area contributed by atoms with E-state index in [0.717, 1.165) is 30.6 Å². The molecule has 0 radical (unpaired) electrons. The topological polar surface area (TPSA) is 26.3 Å². The molecule has 1 aromatic carbocycles. The van der Waals surface area contributed by atoms with Gasteiger partial charge in [-0.15, -0.1) is 0 Å². The van der Waals surface area contributed by atoms with Crippen LogP contribution in [0.4, 0.5) is 0 Å². The second-order valence-corrected chi connectivity index (χ2v) is 5.58. The lowest BCUT2D eigenvalue weighted by atomic mass is 9.90. The van der Waals surface area contributed by atoms with E-state index in [4.69, 9.17) is 4.74 Å². The van der Waals surface area contributed by atoms with E-state index in [1.807, 2.05) is 24.3 Å². The van der Waals surface area contributed by atoms with E-state index in [2.05, 4.69) is 13.0 Å². The van der Waals surface area contributed by atoms with Gasteiger partial charge in [0.15, 0.2) is 0 Å². The summed E-state index contributed by atoms with van der Waals surface area (Å²) in [6, 6.07) is 5.74. The standard InChI is InChI=1S/C18H24O2/c1-2-3-7-16-10-17(13-19)12-18(11-16)20-14-15-8-5-4-6-9-15/h3,7,10-13,15H,2,4-6,8-9,14H2,1H3/b7-3+. The van der Waals surface area contributed by atoms with E-state index in [-0.39, 0.29) is 0 Å². The summed E-state index contributed by atoms with van der Waals surface area (Å²) in [4.78, 5) is 11.0. The van der Waals surface area contributed by atoms with Gasteiger partial charge in [-0.05, 0) is 48.9 Å². The first-order valence-corrected chi connectivity index (χ1v) is 7.71. The zero-order chi connectivity index (χ0) is 14.2. The summed E-state index contributed by atoms with van der Waals surface area (Å²) >= 11 is 0. The summed E-state index contributed by atoms with van der Waals surface area (Å²) in [6.45, 7) is 2.87. The number of hydrogen-bond acceptors (Lipinski definition) is 2. The summed E-state index contributed by atoms with van der Waals surface area (Å²) in [5.41, 5.74) is 1.72. The SMILES string of the molecule is CC/C=C/c1cc(C=O)cc(OCC2CCCCC2)c1. The zero-order valence-electron chi connectivity index (χ0n) is 12.3. The molecule has 1 aliphatic carbocycles. The highest BCUT2D eigenvalue weighted by molar-refractivity contribution is 5.77. The molecule has 0 unspecified atom stereocenters. The van der Waals surface area contributed by atoms with Crippen molar-refractivity contribution in [2.75, 3.05) is 6.61 Å². The largest absolute Gasteiger partial charge is 0.493 e. The fourth-order valence-corrected chi connectivity index (χ4v) is 2.72. The molecule has 1 saturated carbocycles. The van der Waals surface area contributed by atoms with Crippen molar-refractivity contribution < 1.29 is 9.53 Å². The summed E-state index contributed by atoms with van der Waals surface area (Å²) in [7, 11) is 0. The van der Waals surface area contributed by atoms with Crippen molar-refractivity contribution in [2.45, 2.75) is 45.4 Å². The number of carbonyl (C=O) groups excluding carboxylic acids is 1. The fourth-order valence-electron chi connectivity index (χ4n) is 2.72. The Balaban J connectivity index is 2.01. The average Bonchev–Trinajstić information content (AvgIpc) is 2.51. The zero-order valence-corrected chi connectivity index (χ0v) is 12.3. The van der Waals surface area contributed by atoms with Crippen LogP contribution in [0.3, 0.4) is 0 Å². The van der Waals surface area contributed by atoms with Crippen LogP contribution >= 0.6 is 0 Å². The van der Waals surface area contributed by atoms with E-state index >= 15 is 0 Å². The highest BCUT2D eigenvalue weighted by Crippen LogP contribution is 2.25. The van der Waals surface area contributed by atoms with E-state index in [1.165, 1.54) is 32.1 Å². The summed E-state index contributed by atoms with van der Waals surface area (Å²) in [5, 5.41) is 0. The van der Waals surface area contributed by atoms with Crippen molar-refractivity contribution in [3.05, 3.63) is 35.4 Å². The molecule has 0 heterocycles. The fraction of sp³-hybridized carbons (Fsp3) is 0.500. The molecule has 20 heavy (non-hydrogen) atoms. The Kier molecular flexibility index (Phi) is 5.85. The molecule has 0 bridgehead atoms. The van der Waals surface area contributed by atoms with E-state index in [9.17, 15) is 4.79 Å². The van der Waals surface area contributed by atoms with Crippen LogP contribution < -0.4 is 4.74 Å². The minimum Gasteiger partial charge on any atom is -0.493 e. The Hall–Kier alpha value is -1.57. The van der Waals surface area contributed by atoms with Gasteiger partial charge in [-0.1, -0.05) is 38.3 Å². The molecule has 2 nitrogen and oxygen atoms in total. The van der Waals surface area contributed by atoms with Crippen LogP contribution in [0.15, 0.2) is 24.3 Å². The molecule has 2 heteroatoms. The Bertz CT molecular complexity index is 456. The van der Waals surface area contributed by atoms with Gasteiger partial charge in [-0.25, -0.2) is 0 Å². The van der Waals surface area contributed by atoms with Crippen molar-refractivity contribution in [1.29, 1.82) is 0 Å². The van der Waals surface area contributed by atoms with Crippen LogP contribution in [0.25, 0.3) is 6.08 Å². The summed E-state index contributed by atoms with van der Waals surface area (Å²) in [5.74, 6) is 1.49. The van der Waals surface area contributed by atoms with Gasteiger partial charge in [0.05, 0.1) is 6.61 Å². The number of benzene rings is 1. The maximum Gasteiger partial charge on any atom is 0.150 e. The quantitative estimate of drug-likeness (QED) is 0.690. The Morgan fingerprint density at radius 2 is 1.90 bits per heavy atom. The third kappa shape index (κ3) is 4.52. The Morgan fingerprint density at radius 3 is 2.60 bits per heavy atom. The van der Waals surface area contributed by atoms with Gasteiger partial charge in [0.1, 0.15) is 12.0 Å². The number of carbonyl (C=O) groups is 1. The van der Waals surface area contributed by atoms with Gasteiger partial charge < -0.3 is 4.74 Å². The van der Waals surface area contributed by atoms with Gasteiger partial charge in [-0.3, -0.25) is 4.79 Å². The van der Waals surface area contributed by atoms with Gasteiger partial charge in [0.2, 0.25) is 0 Å². The lowest BCUT2D eigenvalue weighted by Crippen LogP contribution is -2.15. The molecule has 108 valence electrons. The second-order valence-electron chi connectivity index (χ2n) is 5.58. The van der Waals surface area contributed by atoms with Crippen molar-refractivity contribution >= 4 is 12.4 Å². The second kappa shape index (κ2) is 7.88. The molecule has 0 amide bonds. The molecule has 0 aromatic heterocycles. The van der Waals surface area contributed by atoms with E-state index in [1.54, 1.807) is 0 Å². The first kappa shape index (κ1) is 14.8. The third-order valence-corrected chi connectivity index (χ3v) is 3.84. The first-order chi connectivity index (χ1) is 9.81. The smallest absolute Gasteiger partial charge is 0.150 e. The van der Waals surface area contributed by atoms with Gasteiger partial charge in [0.25, 0.3) is 0 Å². The normalized spacial score (nSPS) is 16.4. The minimum absolute atomic E-state index is 0.679. The molecular formula is C18H24O2. The molecule has 1 fully saturated rings. The highest BCUT2D eigenvalue weighted by atomic mass is 16.5. The van der Waals surface area contributed by atoms with Crippen molar-refractivity contribution in [2.24, 2.45) is 5.92 Å². The number of rotatable bonds is 6. The van der Waals surface area contributed by atoms with Gasteiger partial charge in [-0.2, -0.15) is 0 Å². The molecule has 0 saturated heterocycles. The molecule has 0 aliphatic heterocycles.